The number of esters is 1. The molecule has 0 radical (unpaired) electrons. The van der Waals surface area contributed by atoms with Crippen LogP contribution in [-0.4, -0.2) is 73.8 Å². The molecule has 0 amide bonds. The Morgan fingerprint density at radius 2 is 1.83 bits per heavy atom. The van der Waals surface area contributed by atoms with E-state index in [0.29, 0.717) is 0 Å². The second kappa shape index (κ2) is 11.7. The van der Waals surface area contributed by atoms with Gasteiger partial charge < -0.3 is 40.5 Å². The number of aromatic amines is 1. The van der Waals surface area contributed by atoms with E-state index in [4.69, 9.17) is 30.7 Å². The van der Waals surface area contributed by atoms with Gasteiger partial charge in [0.25, 0.3) is 5.56 Å². The summed E-state index contributed by atoms with van der Waals surface area (Å²) in [6, 6.07) is 0. The lowest BCUT2D eigenvalue weighted by Gasteiger charge is -2.21. The summed E-state index contributed by atoms with van der Waals surface area (Å²) < 4.78 is 59.3. The molecule has 4 heterocycles. The highest BCUT2D eigenvalue weighted by Gasteiger charge is 2.44. The fraction of sp³-hybridized carbons (Fsp3) is 0.375. The fourth-order valence-corrected chi connectivity index (χ4v) is 6.68. The molecule has 0 saturated carbocycles. The molecule has 0 bridgehead atoms. The van der Waals surface area contributed by atoms with Gasteiger partial charge in [-0.05, 0) is 0 Å². The van der Waals surface area contributed by atoms with Crippen LogP contribution in [0.2, 0.25) is 0 Å². The van der Waals surface area contributed by atoms with Crippen LogP contribution in [-0.2, 0) is 42.9 Å². The Kier molecular flexibility index (Phi) is 8.86. The third kappa shape index (κ3) is 7.66. The average Bonchev–Trinajstić information content (AvgIpc) is 3.44. The number of phosphoric ester groups is 1. The number of carbonyl (C=O) groups is 1. The topological polar surface area (TPSA) is 337 Å². The number of rotatable bonds is 11. The van der Waals surface area contributed by atoms with E-state index in [-0.39, 0.29) is 41.5 Å². The highest BCUT2D eigenvalue weighted by molar-refractivity contribution is 7.66. The Balaban J connectivity index is 1.58. The van der Waals surface area contributed by atoms with Gasteiger partial charge in [0.2, 0.25) is 5.95 Å². The number of nitrogen functional groups attached to an aromatic ring is 1. The van der Waals surface area contributed by atoms with E-state index in [9.17, 15) is 33.1 Å². The Labute approximate surface area is 227 Å². The molecule has 41 heavy (non-hydrogen) atoms. The predicted octanol–water partition coefficient (Wildman–Crippen LogP) is -1.19. The Morgan fingerprint density at radius 1 is 1.12 bits per heavy atom. The van der Waals surface area contributed by atoms with E-state index in [1.807, 2.05) is 0 Å². The van der Waals surface area contributed by atoms with Crippen molar-refractivity contribution < 1.29 is 60.7 Å². The van der Waals surface area contributed by atoms with Crippen molar-refractivity contribution in [1.82, 2.24) is 29.5 Å². The second-order valence-corrected chi connectivity index (χ2v) is 12.4. The maximum Gasteiger partial charge on any atom is 0.490 e. The molecule has 1 aliphatic rings. The number of nitrogens with zero attached hydrogens (tertiary/aromatic N) is 5. The van der Waals surface area contributed by atoms with Gasteiger partial charge in [-0.25, -0.2) is 28.5 Å². The third-order valence-corrected chi connectivity index (χ3v) is 8.98. The molecule has 5 atom stereocenters. The smallest absolute Gasteiger partial charge is 0.455 e. The van der Waals surface area contributed by atoms with Gasteiger partial charge in [0.15, 0.2) is 16.9 Å². The number of hydrogen-bond donors (Lipinski definition) is 7. The van der Waals surface area contributed by atoms with Crippen LogP contribution in [0.3, 0.4) is 0 Å². The van der Waals surface area contributed by atoms with E-state index in [2.05, 4.69) is 38.1 Å². The molecule has 25 heteroatoms. The molecule has 1 fully saturated rings. The lowest BCUT2D eigenvalue weighted by molar-refractivity contribution is -0.0491. The van der Waals surface area contributed by atoms with Crippen molar-refractivity contribution in [3.8, 4) is 0 Å². The lowest BCUT2D eigenvalue weighted by atomic mass is 10.2. The first-order valence-corrected chi connectivity index (χ1v) is 15.5. The molecule has 0 aromatic carbocycles. The summed E-state index contributed by atoms with van der Waals surface area (Å²) in [6.07, 6.45) is -0.264. The highest BCUT2D eigenvalue weighted by Crippen LogP contribution is 2.66. The number of phosphoric acid groups is 3. The number of nitrogens with one attached hydrogen (secondary N) is 1. The number of aromatic nitrogens is 6. The van der Waals surface area contributed by atoms with Crippen molar-refractivity contribution >= 4 is 46.5 Å². The van der Waals surface area contributed by atoms with Gasteiger partial charge in [-0.2, -0.15) is 13.6 Å². The van der Waals surface area contributed by atoms with E-state index >= 15 is 0 Å². The van der Waals surface area contributed by atoms with Gasteiger partial charge in [0, 0.05) is 25.4 Å². The number of carbonyl (C=O) groups excluding carboxylic acids is 1. The zero-order chi connectivity index (χ0) is 30.2. The fourth-order valence-electron chi connectivity index (χ4n) is 3.65. The van der Waals surface area contributed by atoms with Gasteiger partial charge in [0.05, 0.1) is 18.6 Å². The van der Waals surface area contributed by atoms with E-state index in [0.717, 1.165) is 0 Å². The van der Waals surface area contributed by atoms with E-state index < -0.39 is 60.0 Å². The van der Waals surface area contributed by atoms with Crippen molar-refractivity contribution in [2.75, 3.05) is 12.3 Å². The van der Waals surface area contributed by atoms with Gasteiger partial charge in [-0.15, -0.1) is 0 Å². The number of fused-ring (bicyclic) bond motifs is 1. The van der Waals surface area contributed by atoms with Crippen molar-refractivity contribution in [3.05, 3.63) is 40.5 Å². The minimum absolute atomic E-state index is 0.0193. The summed E-state index contributed by atoms with van der Waals surface area (Å²) in [6.45, 7) is -1.12. The molecule has 224 valence electrons. The second-order valence-electron chi connectivity index (χ2n) is 8.03. The van der Waals surface area contributed by atoms with Gasteiger partial charge in [-0.3, -0.25) is 23.9 Å². The van der Waals surface area contributed by atoms with Crippen molar-refractivity contribution in [2.24, 2.45) is 5.73 Å². The number of hydrogen-bond acceptors (Lipinski definition) is 16. The van der Waals surface area contributed by atoms with Crippen LogP contribution in [0.1, 0.15) is 28.8 Å². The lowest BCUT2D eigenvalue weighted by Crippen LogP contribution is -2.31. The molecular formula is C16H21N8O14P3. The molecule has 3 aromatic rings. The zero-order valence-electron chi connectivity index (χ0n) is 20.2. The average molecular weight is 642 g/mol. The molecule has 0 aliphatic carbocycles. The summed E-state index contributed by atoms with van der Waals surface area (Å²) in [5, 5.41) is 0. The largest absolute Gasteiger partial charge is 0.490 e. The van der Waals surface area contributed by atoms with Crippen LogP contribution < -0.4 is 17.0 Å². The number of imidazole rings is 1. The standard InChI is InChI=1S/C16H21N8O14P3/c17-4-7-11(20-2-1-19-7)15(26)36-8-3-10(24-6-21-12-13(24)22-16(18)23-14(12)25)35-9(8)5-34-40(30,31)38-41(32,33)37-39(27,28)29/h1-2,6,8-10H,3-5,17H2,(H,30,31)(H,32,33)(H2,27,28,29)(H3,18,22,23,25)/t8-,9?,10-/m1/s1. The van der Waals surface area contributed by atoms with Crippen LogP contribution >= 0.6 is 23.5 Å². The maximum absolute atomic E-state index is 12.9. The monoisotopic (exact) mass is 642 g/mol. The summed E-state index contributed by atoms with van der Waals surface area (Å²) in [5.41, 5.74) is 10.3. The first kappa shape index (κ1) is 31.0. The van der Waals surface area contributed by atoms with Gasteiger partial charge >= 0.3 is 29.4 Å². The van der Waals surface area contributed by atoms with Crippen molar-refractivity contribution in [2.45, 2.75) is 31.4 Å². The molecule has 22 nitrogen and oxygen atoms in total. The molecule has 3 aromatic heterocycles. The molecule has 3 unspecified atom stereocenters. The zero-order valence-corrected chi connectivity index (χ0v) is 22.9. The number of anilines is 1. The quantitative estimate of drug-likeness (QED) is 0.0954. The third-order valence-electron chi connectivity index (χ3n) is 5.18. The number of ether oxygens (including phenoxy) is 2. The van der Waals surface area contributed by atoms with E-state index in [1.165, 1.54) is 23.3 Å². The van der Waals surface area contributed by atoms with E-state index in [1.54, 1.807) is 0 Å². The van der Waals surface area contributed by atoms with Crippen LogP contribution in [0.15, 0.2) is 23.5 Å². The van der Waals surface area contributed by atoms with Gasteiger partial charge in [-0.1, -0.05) is 0 Å². The van der Waals surface area contributed by atoms with Crippen LogP contribution in [0.25, 0.3) is 11.2 Å². The van der Waals surface area contributed by atoms with Gasteiger partial charge in [0.1, 0.15) is 18.4 Å². The number of nitrogens with two attached hydrogens (primary N) is 2. The SMILES string of the molecule is NCc1nccnc1C(=O)O[C@@H]1C[C@H](n2cnc3c(=O)[nH]c(N)nc32)OC1COP(=O)(O)OP(=O)(O)OP(=O)(O)O. The minimum Gasteiger partial charge on any atom is -0.455 e. The summed E-state index contributed by atoms with van der Waals surface area (Å²) in [5.74, 6) is -1.25. The first-order valence-electron chi connectivity index (χ1n) is 10.9. The van der Waals surface area contributed by atoms with Crippen LogP contribution in [0.4, 0.5) is 5.95 Å². The Hall–Kier alpha value is -2.97. The number of H-pyrrole nitrogens is 1. The maximum atomic E-state index is 12.9. The van der Waals surface area contributed by atoms with Crippen molar-refractivity contribution in [3.63, 3.8) is 0 Å². The van der Waals surface area contributed by atoms with Crippen molar-refractivity contribution in [1.29, 1.82) is 0 Å². The Morgan fingerprint density at radius 3 is 2.51 bits per heavy atom. The Bertz CT molecular complexity index is 1660. The first-order chi connectivity index (χ1) is 19.1. The summed E-state index contributed by atoms with van der Waals surface area (Å²) in [4.78, 5) is 79.6. The normalized spacial score (nSPS) is 22.3. The highest BCUT2D eigenvalue weighted by atomic mass is 31.3. The molecule has 1 aliphatic heterocycles. The molecule has 1 saturated heterocycles. The molecular weight excluding hydrogens is 621 g/mol. The van der Waals surface area contributed by atoms with Crippen LogP contribution in [0, 0.1) is 0 Å². The molecule has 9 N–H and O–H groups in total. The van der Waals surface area contributed by atoms with Crippen LogP contribution in [0.5, 0.6) is 0 Å². The molecule has 4 rings (SSSR count). The summed E-state index contributed by atoms with van der Waals surface area (Å²) in [7, 11) is -17.0. The molecule has 0 spiro atoms. The predicted molar refractivity (Wildman–Crippen MR) is 130 cm³/mol. The summed E-state index contributed by atoms with van der Waals surface area (Å²) >= 11 is 0. The minimum atomic E-state index is -5.79.